The van der Waals surface area contributed by atoms with Crippen molar-refractivity contribution < 1.29 is 29.5 Å². The third-order valence-corrected chi connectivity index (χ3v) is 2.11. The molecule has 1 aromatic rings. The van der Waals surface area contributed by atoms with Gasteiger partial charge in [0.15, 0.2) is 0 Å². The van der Waals surface area contributed by atoms with Crippen LogP contribution < -0.4 is 30.4 Å². The number of primary amides is 1. The Morgan fingerprint density at radius 3 is 2.55 bits per heavy atom. The second-order valence-corrected chi connectivity index (χ2v) is 3.72. The molecule has 60 valence electrons. The molecule has 0 spiro atoms. The van der Waals surface area contributed by atoms with Gasteiger partial charge in [-0.1, -0.05) is 0 Å². The number of carbonyl (C=O) groups excluding carboxylic acids is 1. The van der Waals surface area contributed by atoms with Gasteiger partial charge in [-0.2, -0.15) is 0 Å². The summed E-state index contributed by atoms with van der Waals surface area (Å²) < 4.78 is 4.75. The third kappa shape index (κ3) is 3.22. The van der Waals surface area contributed by atoms with Gasteiger partial charge in [-0.05, 0) is 0 Å². The Kier molecular flexibility index (Phi) is 3.15. The molecule has 0 radical (unpaired) electrons. The number of benzene rings is 1. The van der Waals surface area contributed by atoms with Crippen LogP contribution in [-0.2, 0) is 0 Å². The van der Waals surface area contributed by atoms with Gasteiger partial charge in [-0.3, -0.25) is 0 Å². The van der Waals surface area contributed by atoms with Gasteiger partial charge in [0.2, 0.25) is 0 Å². The molecule has 0 aliphatic rings. The van der Waals surface area contributed by atoms with Crippen molar-refractivity contribution in [3.63, 3.8) is 0 Å². The van der Waals surface area contributed by atoms with Crippen LogP contribution in [0.25, 0.3) is 0 Å². The number of halogens is 1. The van der Waals surface area contributed by atoms with E-state index in [-0.39, 0.29) is 3.91 Å². The van der Waals surface area contributed by atoms with Crippen LogP contribution in [0.2, 0.25) is 0 Å². The van der Waals surface area contributed by atoms with Crippen LogP contribution in [0.5, 0.6) is 5.75 Å². The second-order valence-electron chi connectivity index (χ2n) is 1.77. The first-order chi connectivity index (χ1) is 5.29. The fraction of sp³-hybridized carbons (Fsp3) is 0. The maximum atomic E-state index is 10.3. The van der Waals surface area contributed by atoms with Crippen LogP contribution >= 0.6 is 0 Å². The topological polar surface area (TPSA) is 52.3 Å². The quantitative estimate of drug-likeness (QED) is 0.396. The molecule has 0 aromatic heterocycles. The molecule has 0 fully saturated rings. The van der Waals surface area contributed by atoms with Crippen molar-refractivity contribution in [2.45, 2.75) is 0 Å². The number of para-hydroxylation sites is 1. The van der Waals surface area contributed by atoms with E-state index in [4.69, 9.17) is 8.80 Å². The fourth-order valence-corrected chi connectivity index (χ4v) is 1.32. The minimum atomic E-state index is -0.975. The molecular weight excluding hydrogens is 257 g/mol. The predicted octanol–water partition coefficient (Wildman–Crippen LogP) is -1.85. The molecule has 0 saturated heterocycles. The van der Waals surface area contributed by atoms with E-state index in [2.05, 4.69) is 0 Å². The van der Waals surface area contributed by atoms with Gasteiger partial charge in [0.1, 0.15) is 0 Å². The summed E-state index contributed by atoms with van der Waals surface area (Å²) in [5.41, 5.74) is 4.93. The van der Waals surface area contributed by atoms with Crippen LogP contribution in [0.1, 0.15) is 0 Å². The summed E-state index contributed by atoms with van der Waals surface area (Å²) in [4.78, 5) is 10.3. The zero-order valence-electron chi connectivity index (χ0n) is 5.66. The zero-order chi connectivity index (χ0) is 8.10. The van der Waals surface area contributed by atoms with Crippen LogP contribution in [0, 0.1) is 0 Å². The Bertz CT molecular complexity index is 237. The molecule has 0 bridgehead atoms. The number of hydrogen-bond acceptors (Lipinski definition) is 2. The van der Waals surface area contributed by atoms with Crippen LogP contribution in [0.15, 0.2) is 30.3 Å². The average Bonchev–Trinajstić information content (AvgIpc) is 2.03. The summed E-state index contributed by atoms with van der Waals surface area (Å²) >= 11 is -0.975. The Morgan fingerprint density at radius 2 is 2.00 bits per heavy atom. The Balaban J connectivity index is 2.45. The van der Waals surface area contributed by atoms with E-state index in [1.165, 1.54) is 0 Å². The number of carbonyl (C=O) groups is 1. The number of amides is 1. The van der Waals surface area contributed by atoms with E-state index in [1.54, 1.807) is 12.1 Å². The molecule has 0 aliphatic heterocycles. The zero-order valence-corrected chi connectivity index (χ0v) is 7.82. The summed E-state index contributed by atoms with van der Waals surface area (Å²) in [6, 6.07) is 9.17. The van der Waals surface area contributed by atoms with Crippen molar-refractivity contribution in [2.24, 2.45) is 5.73 Å². The van der Waals surface area contributed by atoms with Gasteiger partial charge < -0.3 is 0 Å². The van der Waals surface area contributed by atoms with Gasteiger partial charge in [-0.25, -0.2) is 0 Å². The SMILES string of the molecule is NC(=O)[I-]Oc1ccccc1. The van der Waals surface area contributed by atoms with Gasteiger partial charge in [0.05, 0.1) is 0 Å². The predicted molar refractivity (Wildman–Crippen MR) is 36.7 cm³/mol. The molecule has 0 heterocycles. The molecule has 0 atom stereocenters. The summed E-state index contributed by atoms with van der Waals surface area (Å²) in [7, 11) is 0. The van der Waals surface area contributed by atoms with Crippen LogP contribution in [0.3, 0.4) is 0 Å². The molecule has 1 amide bonds. The van der Waals surface area contributed by atoms with Crippen LogP contribution in [0.4, 0.5) is 4.79 Å². The van der Waals surface area contributed by atoms with E-state index in [0.29, 0.717) is 5.75 Å². The van der Waals surface area contributed by atoms with Gasteiger partial charge in [-0.15, -0.1) is 0 Å². The normalized spacial score (nSPS) is 9.45. The van der Waals surface area contributed by atoms with Crippen LogP contribution in [-0.4, -0.2) is 3.91 Å². The molecule has 2 N–H and O–H groups in total. The van der Waals surface area contributed by atoms with Gasteiger partial charge in [0.25, 0.3) is 0 Å². The van der Waals surface area contributed by atoms with Crippen molar-refractivity contribution in [2.75, 3.05) is 0 Å². The fourth-order valence-electron chi connectivity index (χ4n) is 0.554. The minimum absolute atomic E-state index is 0.354. The first kappa shape index (κ1) is 8.32. The summed E-state index contributed by atoms with van der Waals surface area (Å²) in [5.74, 6) is 0.708. The maximum absolute atomic E-state index is 10.3. The molecule has 0 saturated carbocycles. The monoisotopic (exact) mass is 264 g/mol. The van der Waals surface area contributed by atoms with Gasteiger partial charge in [0, 0.05) is 0 Å². The van der Waals surface area contributed by atoms with E-state index in [0.717, 1.165) is 0 Å². The van der Waals surface area contributed by atoms with Crippen molar-refractivity contribution in [1.82, 2.24) is 0 Å². The van der Waals surface area contributed by atoms with E-state index in [9.17, 15) is 4.79 Å². The van der Waals surface area contributed by atoms with E-state index < -0.39 is 21.6 Å². The molecule has 11 heavy (non-hydrogen) atoms. The summed E-state index contributed by atoms with van der Waals surface area (Å²) in [5, 5.41) is 0. The molecule has 3 nitrogen and oxygen atoms in total. The van der Waals surface area contributed by atoms with E-state index in [1.807, 2.05) is 18.2 Å². The second kappa shape index (κ2) is 4.17. The van der Waals surface area contributed by atoms with Crippen molar-refractivity contribution >= 4 is 3.91 Å². The Hall–Kier alpha value is -0.780. The molecule has 0 aliphatic carbocycles. The summed E-state index contributed by atoms with van der Waals surface area (Å²) in [6.45, 7) is 0. The molecule has 1 rings (SSSR count). The van der Waals surface area contributed by atoms with Crippen molar-refractivity contribution in [1.29, 1.82) is 0 Å². The number of hydrogen-bond donors (Lipinski definition) is 1. The molecule has 1 aromatic carbocycles. The first-order valence-electron chi connectivity index (χ1n) is 2.95. The number of rotatable bonds is 3. The standard InChI is InChI=1S/C7H7INO2/c9-7(10)8-11-6-4-2-1-3-5-6/h1-5H,(H2,9,10)/q-1. The Morgan fingerprint density at radius 1 is 1.36 bits per heavy atom. The summed E-state index contributed by atoms with van der Waals surface area (Å²) in [6.07, 6.45) is 0. The molecule has 0 unspecified atom stereocenters. The first-order valence-corrected chi connectivity index (χ1v) is 4.91. The van der Waals surface area contributed by atoms with E-state index >= 15 is 0 Å². The average molecular weight is 264 g/mol. The Labute approximate surface area is 75.3 Å². The number of nitrogens with two attached hydrogens (primary N) is 1. The molecular formula is C7H7INO2-. The van der Waals surface area contributed by atoms with Crippen molar-refractivity contribution in [3.05, 3.63) is 30.3 Å². The third-order valence-electron chi connectivity index (χ3n) is 0.947. The van der Waals surface area contributed by atoms with Crippen molar-refractivity contribution in [3.8, 4) is 5.75 Å². The molecule has 4 heteroatoms. The van der Waals surface area contributed by atoms with Gasteiger partial charge >= 0.3 is 75.2 Å².